The molecule has 2 unspecified atom stereocenters. The number of β-lactam (4-membered cyclic amide) rings is 1. The summed E-state index contributed by atoms with van der Waals surface area (Å²) in [6.07, 6.45) is -0.222. The highest BCUT2D eigenvalue weighted by atomic mass is 79.9. The minimum atomic E-state index is -1.67. The van der Waals surface area contributed by atoms with E-state index in [-0.39, 0.29) is 6.61 Å². The molecule has 168 valence electrons. The number of hydrogen-bond donors (Lipinski definition) is 1. The Bertz CT molecular complexity index is 905. The number of para-hydroxylation sites is 1. The molecule has 0 radical (unpaired) electrons. The second kappa shape index (κ2) is 8.26. The first-order chi connectivity index (χ1) is 14.4. The van der Waals surface area contributed by atoms with Crippen molar-refractivity contribution in [1.29, 1.82) is 0 Å². The Labute approximate surface area is 194 Å². The minimum absolute atomic E-state index is 0.0361. The van der Waals surface area contributed by atoms with E-state index in [1.54, 1.807) is 38.1 Å². The van der Waals surface area contributed by atoms with Gasteiger partial charge in [0, 0.05) is 4.75 Å². The average Bonchev–Trinajstić information content (AvgIpc) is 2.99. The molecule has 31 heavy (non-hydrogen) atoms. The summed E-state index contributed by atoms with van der Waals surface area (Å²) in [6.45, 7) is 10.3. The predicted molar refractivity (Wildman–Crippen MR) is 121 cm³/mol. The molecule has 0 aromatic heterocycles. The van der Waals surface area contributed by atoms with Crippen molar-refractivity contribution in [3.05, 3.63) is 43.0 Å². The zero-order valence-electron chi connectivity index (χ0n) is 17.8. The molecule has 0 aliphatic carbocycles. The molecule has 1 aromatic carbocycles. The molecule has 9 heteroatoms. The van der Waals surface area contributed by atoms with Gasteiger partial charge < -0.3 is 19.5 Å². The minimum Gasteiger partial charge on any atom is -0.480 e. The lowest BCUT2D eigenvalue weighted by molar-refractivity contribution is -0.170. The third-order valence-electron chi connectivity index (χ3n) is 5.45. The van der Waals surface area contributed by atoms with E-state index in [1.165, 1.54) is 22.7 Å². The fourth-order valence-corrected chi connectivity index (χ4v) is 6.41. The summed E-state index contributed by atoms with van der Waals surface area (Å²) in [7, 11) is 0. The van der Waals surface area contributed by atoms with E-state index in [9.17, 15) is 19.5 Å². The van der Waals surface area contributed by atoms with E-state index in [4.69, 9.17) is 9.47 Å². The predicted octanol–water partition coefficient (Wildman–Crippen LogP) is 2.70. The molecule has 2 aliphatic rings. The lowest BCUT2D eigenvalue weighted by Gasteiger charge is -2.52. The summed E-state index contributed by atoms with van der Waals surface area (Å²) in [6, 6.07) is 7.94. The number of halogens is 1. The number of carbonyl (C=O) groups is 3. The fourth-order valence-electron chi connectivity index (χ4n) is 3.85. The van der Waals surface area contributed by atoms with Crippen LogP contribution in [0.4, 0.5) is 0 Å². The van der Waals surface area contributed by atoms with Crippen LogP contribution in [0.3, 0.4) is 0 Å². The van der Waals surface area contributed by atoms with Crippen molar-refractivity contribution in [2.75, 3.05) is 6.61 Å². The molecule has 1 aromatic rings. The van der Waals surface area contributed by atoms with E-state index >= 15 is 0 Å². The van der Waals surface area contributed by atoms with Crippen molar-refractivity contribution in [1.82, 2.24) is 4.90 Å². The van der Waals surface area contributed by atoms with Crippen molar-refractivity contribution in [3.63, 3.8) is 0 Å². The van der Waals surface area contributed by atoms with Crippen LogP contribution in [0.1, 0.15) is 27.7 Å². The van der Waals surface area contributed by atoms with Crippen LogP contribution >= 0.6 is 27.7 Å². The number of aliphatic hydroxyl groups is 1. The normalized spacial score (nSPS) is 27.7. The number of thioether (sulfide) groups is 1. The smallest absolute Gasteiger partial charge is 0.330 e. The maximum atomic E-state index is 13.2. The number of carbonyl (C=O) groups excluding carboxylic acids is 3. The van der Waals surface area contributed by atoms with Crippen LogP contribution in [0.25, 0.3) is 0 Å². The van der Waals surface area contributed by atoms with Gasteiger partial charge in [0.1, 0.15) is 29.9 Å². The maximum Gasteiger partial charge on any atom is 0.330 e. The number of nitrogens with zero attached hydrogens (tertiary/aromatic N) is 1. The van der Waals surface area contributed by atoms with Crippen molar-refractivity contribution in [2.45, 2.75) is 59.9 Å². The number of Topliss-reactive ketones (excluding diaryl/α,β-unsaturated/α-hetero) is 1. The van der Waals surface area contributed by atoms with E-state index in [0.717, 1.165) is 0 Å². The van der Waals surface area contributed by atoms with Gasteiger partial charge in [-0.05, 0) is 39.8 Å². The first-order valence-corrected chi connectivity index (χ1v) is 11.5. The summed E-state index contributed by atoms with van der Waals surface area (Å²) in [4.78, 5) is 40.3. The number of fused-ring (bicyclic) bond motifs is 1. The third-order valence-corrected chi connectivity index (χ3v) is 8.61. The summed E-state index contributed by atoms with van der Waals surface area (Å²) >= 11 is 4.70. The fraction of sp³-hybridized carbons (Fsp3) is 0.500. The highest BCUT2D eigenvalue weighted by Gasteiger charge is 2.74. The van der Waals surface area contributed by atoms with Gasteiger partial charge in [-0.3, -0.25) is 9.59 Å². The number of alkyl halides is 1. The maximum absolute atomic E-state index is 13.2. The molecule has 3 rings (SSSR count). The molecular weight excluding hydrogens is 486 g/mol. The number of ketones is 1. The Balaban J connectivity index is 1.82. The van der Waals surface area contributed by atoms with E-state index in [0.29, 0.717) is 5.75 Å². The Morgan fingerprint density at radius 1 is 1.35 bits per heavy atom. The van der Waals surface area contributed by atoms with Crippen molar-refractivity contribution in [2.24, 2.45) is 0 Å². The van der Waals surface area contributed by atoms with Gasteiger partial charge in [-0.25, -0.2) is 4.79 Å². The highest BCUT2D eigenvalue weighted by molar-refractivity contribution is 9.10. The summed E-state index contributed by atoms with van der Waals surface area (Å²) < 4.78 is 8.74. The molecule has 2 heterocycles. The standard InChI is InChI=1S/C22H26BrNO6S/c1-6-12-29-17(27)14-21(4,5)31-19-22(23,18(28)24(14)19)16(26)15(25)20(2,3)30-13-10-8-7-9-11-13/h6-11,14,16,19,26H,1,12H2,2-5H3/t14-,16?,19+,22?/m0/s1. The quantitative estimate of drug-likeness (QED) is 0.248. The van der Waals surface area contributed by atoms with Crippen LogP contribution in [0.2, 0.25) is 0 Å². The zero-order valence-corrected chi connectivity index (χ0v) is 20.2. The number of rotatable bonds is 8. The Morgan fingerprint density at radius 2 is 1.97 bits per heavy atom. The van der Waals surface area contributed by atoms with Crippen LogP contribution in [0, 0.1) is 0 Å². The molecule has 1 N–H and O–H groups in total. The molecule has 4 atom stereocenters. The molecule has 0 bridgehead atoms. The molecule has 1 amide bonds. The van der Waals surface area contributed by atoms with Crippen LogP contribution in [0.5, 0.6) is 5.75 Å². The summed E-state index contributed by atoms with van der Waals surface area (Å²) in [5.74, 6) is -1.25. The van der Waals surface area contributed by atoms with E-state index in [1.807, 2.05) is 19.9 Å². The molecule has 7 nitrogen and oxygen atoms in total. The van der Waals surface area contributed by atoms with E-state index in [2.05, 4.69) is 22.5 Å². The highest BCUT2D eigenvalue weighted by Crippen LogP contribution is 2.59. The topological polar surface area (TPSA) is 93.1 Å². The Hall–Kier alpha value is -1.84. The number of ether oxygens (including phenoxy) is 2. The number of hydrogen-bond acceptors (Lipinski definition) is 7. The number of aliphatic hydroxyl groups excluding tert-OH is 1. The van der Waals surface area contributed by atoms with Gasteiger partial charge in [-0.1, -0.05) is 46.8 Å². The molecule has 2 fully saturated rings. The Morgan fingerprint density at radius 3 is 2.55 bits per heavy atom. The van der Waals surface area contributed by atoms with E-state index < -0.39 is 49.9 Å². The molecule has 0 spiro atoms. The van der Waals surface area contributed by atoms with Gasteiger partial charge in [0.05, 0.1) is 0 Å². The van der Waals surface area contributed by atoms with Crippen molar-refractivity contribution >= 4 is 45.4 Å². The number of amides is 1. The second-order valence-corrected chi connectivity index (χ2v) is 11.6. The van der Waals surface area contributed by atoms with Gasteiger partial charge in [-0.2, -0.15) is 0 Å². The third kappa shape index (κ3) is 3.91. The zero-order chi connectivity index (χ0) is 23.2. The summed E-state index contributed by atoms with van der Waals surface area (Å²) in [5, 5.41) is 10.4. The van der Waals surface area contributed by atoms with Crippen LogP contribution in [0.15, 0.2) is 43.0 Å². The van der Waals surface area contributed by atoms with Crippen molar-refractivity contribution in [3.8, 4) is 5.75 Å². The molecular formula is C22H26BrNO6S. The second-order valence-electron chi connectivity index (χ2n) is 8.57. The largest absolute Gasteiger partial charge is 0.480 e. The van der Waals surface area contributed by atoms with Crippen LogP contribution < -0.4 is 4.74 Å². The molecule has 0 saturated carbocycles. The molecule has 2 aliphatic heterocycles. The van der Waals surface area contributed by atoms with Gasteiger partial charge in [0.15, 0.2) is 9.93 Å². The van der Waals surface area contributed by atoms with Crippen molar-refractivity contribution < 1.29 is 29.0 Å². The van der Waals surface area contributed by atoms with Crippen LogP contribution in [-0.4, -0.2) is 66.5 Å². The van der Waals surface area contributed by atoms with Gasteiger partial charge in [0.2, 0.25) is 11.7 Å². The van der Waals surface area contributed by atoms with Gasteiger partial charge in [0.25, 0.3) is 0 Å². The number of benzene rings is 1. The SMILES string of the molecule is C=CCOC(=O)[C@@H]1N2C(=O)C(Br)(C(O)C(=O)C(C)(C)Oc3ccccc3)[C@H]2SC1(C)C. The number of esters is 1. The van der Waals surface area contributed by atoms with Gasteiger partial charge in [-0.15, -0.1) is 11.8 Å². The van der Waals surface area contributed by atoms with Gasteiger partial charge >= 0.3 is 5.97 Å². The lowest BCUT2D eigenvalue weighted by Crippen LogP contribution is -2.76. The average molecular weight is 512 g/mol. The summed E-state index contributed by atoms with van der Waals surface area (Å²) in [5.41, 5.74) is -1.39. The molecule has 2 saturated heterocycles. The first kappa shape index (κ1) is 23.8. The van der Waals surface area contributed by atoms with Crippen LogP contribution in [-0.2, 0) is 19.1 Å². The first-order valence-electron chi connectivity index (χ1n) is 9.81. The monoisotopic (exact) mass is 511 g/mol. The Kier molecular flexibility index (Phi) is 6.34. The lowest BCUT2D eigenvalue weighted by atomic mass is 9.82.